The SMILES string of the molecule is COC1CC(Oc2ccc(C3OCC3(C)C)cc2)CC(Oc2ccc(C3OCC3(C)C)cc2)C1. The molecular formula is C29H38O5. The summed E-state index contributed by atoms with van der Waals surface area (Å²) in [6.07, 6.45) is 3.12. The van der Waals surface area contributed by atoms with Crippen molar-refractivity contribution in [2.24, 2.45) is 10.8 Å². The Morgan fingerprint density at radius 1 is 0.618 bits per heavy atom. The summed E-state index contributed by atoms with van der Waals surface area (Å²) in [6.45, 7) is 10.6. The van der Waals surface area contributed by atoms with Crippen molar-refractivity contribution in [1.29, 1.82) is 0 Å². The Kier molecular flexibility index (Phi) is 6.38. The molecule has 184 valence electrons. The first-order valence-corrected chi connectivity index (χ1v) is 12.5. The van der Waals surface area contributed by atoms with E-state index in [0.29, 0.717) is 0 Å². The molecule has 1 saturated carbocycles. The fraction of sp³-hybridized carbons (Fsp3) is 0.586. The molecule has 2 aromatic rings. The lowest BCUT2D eigenvalue weighted by atomic mass is 9.79. The van der Waals surface area contributed by atoms with Crippen molar-refractivity contribution in [2.45, 2.75) is 77.5 Å². The molecule has 5 rings (SSSR count). The van der Waals surface area contributed by atoms with E-state index in [4.69, 9.17) is 23.7 Å². The molecule has 0 aromatic heterocycles. The normalized spacial score (nSPS) is 31.7. The molecule has 0 N–H and O–H groups in total. The van der Waals surface area contributed by atoms with Gasteiger partial charge < -0.3 is 23.7 Å². The van der Waals surface area contributed by atoms with Gasteiger partial charge >= 0.3 is 0 Å². The van der Waals surface area contributed by atoms with Crippen LogP contribution in [0.4, 0.5) is 0 Å². The van der Waals surface area contributed by atoms with E-state index in [1.807, 2.05) is 0 Å². The molecule has 0 radical (unpaired) electrons. The van der Waals surface area contributed by atoms with Gasteiger partial charge in [0.25, 0.3) is 0 Å². The van der Waals surface area contributed by atoms with Gasteiger partial charge in [0.1, 0.15) is 23.7 Å². The highest BCUT2D eigenvalue weighted by molar-refractivity contribution is 5.32. The van der Waals surface area contributed by atoms with Crippen LogP contribution in [0.1, 0.15) is 70.3 Å². The molecule has 3 aliphatic rings. The molecule has 34 heavy (non-hydrogen) atoms. The zero-order chi connectivity index (χ0) is 23.9. The molecule has 5 heteroatoms. The highest BCUT2D eigenvalue weighted by Crippen LogP contribution is 2.46. The minimum atomic E-state index is 0.0504. The number of rotatable bonds is 7. The first-order chi connectivity index (χ1) is 16.2. The van der Waals surface area contributed by atoms with Gasteiger partial charge in [0, 0.05) is 37.2 Å². The van der Waals surface area contributed by atoms with Gasteiger partial charge in [0.15, 0.2) is 0 Å². The third kappa shape index (κ3) is 4.84. The number of hydrogen-bond acceptors (Lipinski definition) is 5. The maximum absolute atomic E-state index is 6.37. The molecule has 2 heterocycles. The molecule has 0 amide bonds. The third-order valence-corrected chi connectivity index (χ3v) is 7.55. The number of methoxy groups -OCH3 is 1. The van der Waals surface area contributed by atoms with E-state index in [2.05, 4.69) is 76.2 Å². The summed E-state index contributed by atoms with van der Waals surface area (Å²) in [7, 11) is 1.77. The number of ether oxygens (including phenoxy) is 5. The highest BCUT2D eigenvalue weighted by atomic mass is 16.5. The second-order valence-electron chi connectivity index (χ2n) is 11.5. The molecule has 0 bridgehead atoms. The summed E-state index contributed by atoms with van der Waals surface area (Å²) in [6, 6.07) is 16.7. The van der Waals surface area contributed by atoms with Crippen molar-refractivity contribution in [3.63, 3.8) is 0 Å². The minimum absolute atomic E-state index is 0.0504. The summed E-state index contributed by atoms with van der Waals surface area (Å²) in [5, 5.41) is 0. The van der Waals surface area contributed by atoms with Gasteiger partial charge in [0.2, 0.25) is 0 Å². The summed E-state index contributed by atoms with van der Waals surface area (Å²) in [5.41, 5.74) is 2.81. The van der Waals surface area contributed by atoms with E-state index in [0.717, 1.165) is 44.0 Å². The highest BCUT2D eigenvalue weighted by Gasteiger charge is 2.42. The van der Waals surface area contributed by atoms with E-state index in [1.54, 1.807) is 7.11 Å². The lowest BCUT2D eigenvalue weighted by Gasteiger charge is -2.44. The Labute approximate surface area is 203 Å². The van der Waals surface area contributed by atoms with Gasteiger partial charge in [-0.15, -0.1) is 0 Å². The molecule has 2 saturated heterocycles. The maximum atomic E-state index is 6.37. The molecular weight excluding hydrogens is 428 g/mol. The predicted octanol–water partition coefficient (Wildman–Crippen LogP) is 6.28. The zero-order valence-electron chi connectivity index (χ0n) is 21.1. The molecule has 4 atom stereocenters. The summed E-state index contributed by atoms with van der Waals surface area (Å²) in [4.78, 5) is 0. The van der Waals surface area contributed by atoms with Gasteiger partial charge in [-0.2, -0.15) is 0 Å². The average molecular weight is 467 g/mol. The summed E-state index contributed by atoms with van der Waals surface area (Å²) in [5.74, 6) is 1.77. The second-order valence-corrected chi connectivity index (χ2v) is 11.5. The minimum Gasteiger partial charge on any atom is -0.490 e. The zero-order valence-corrected chi connectivity index (χ0v) is 21.1. The van der Waals surface area contributed by atoms with Crippen LogP contribution in [0.3, 0.4) is 0 Å². The Bertz CT molecular complexity index is 888. The van der Waals surface area contributed by atoms with Crippen molar-refractivity contribution in [3.05, 3.63) is 59.7 Å². The summed E-state index contributed by atoms with van der Waals surface area (Å²) < 4.78 is 30.0. The van der Waals surface area contributed by atoms with Crippen LogP contribution in [0.5, 0.6) is 11.5 Å². The first-order valence-electron chi connectivity index (χ1n) is 12.5. The van der Waals surface area contributed by atoms with Crippen molar-refractivity contribution in [3.8, 4) is 11.5 Å². The molecule has 4 unspecified atom stereocenters. The van der Waals surface area contributed by atoms with E-state index in [9.17, 15) is 0 Å². The Morgan fingerprint density at radius 2 is 1.00 bits per heavy atom. The fourth-order valence-corrected chi connectivity index (χ4v) is 5.48. The van der Waals surface area contributed by atoms with Crippen molar-refractivity contribution >= 4 is 0 Å². The van der Waals surface area contributed by atoms with E-state index in [1.165, 1.54) is 11.1 Å². The van der Waals surface area contributed by atoms with Crippen LogP contribution >= 0.6 is 0 Å². The smallest absolute Gasteiger partial charge is 0.119 e. The number of hydrogen-bond donors (Lipinski definition) is 0. The largest absolute Gasteiger partial charge is 0.490 e. The maximum Gasteiger partial charge on any atom is 0.119 e. The van der Waals surface area contributed by atoms with Crippen LogP contribution in [0, 0.1) is 10.8 Å². The van der Waals surface area contributed by atoms with Gasteiger partial charge in [-0.05, 0) is 35.4 Å². The van der Waals surface area contributed by atoms with Gasteiger partial charge in [-0.25, -0.2) is 0 Å². The topological polar surface area (TPSA) is 46.2 Å². The van der Waals surface area contributed by atoms with Crippen LogP contribution in [-0.4, -0.2) is 38.6 Å². The average Bonchev–Trinajstić information content (AvgIpc) is 2.80. The molecule has 2 aromatic carbocycles. The lowest BCUT2D eigenvalue weighted by Crippen LogP contribution is -2.40. The Morgan fingerprint density at radius 3 is 1.29 bits per heavy atom. The standard InChI is InChI=1S/C29H38O5/c1-28(2)17-31-26(28)19-6-10-21(11-7-19)33-24-14-23(30-5)15-25(16-24)34-22-12-8-20(9-13-22)27-29(3,4)18-32-27/h6-13,23-27H,14-18H2,1-5H3. The van der Waals surface area contributed by atoms with Crippen LogP contribution in [0.25, 0.3) is 0 Å². The molecule has 5 nitrogen and oxygen atoms in total. The van der Waals surface area contributed by atoms with E-state index >= 15 is 0 Å². The third-order valence-electron chi connectivity index (χ3n) is 7.55. The van der Waals surface area contributed by atoms with Crippen LogP contribution < -0.4 is 9.47 Å². The molecule has 0 spiro atoms. The molecule has 3 fully saturated rings. The Balaban J connectivity index is 1.19. The quantitative estimate of drug-likeness (QED) is 0.481. The van der Waals surface area contributed by atoms with Gasteiger partial charge in [0.05, 0.1) is 31.5 Å². The van der Waals surface area contributed by atoms with Crippen LogP contribution in [0.15, 0.2) is 48.5 Å². The van der Waals surface area contributed by atoms with Crippen LogP contribution in [0.2, 0.25) is 0 Å². The predicted molar refractivity (Wildman–Crippen MR) is 131 cm³/mol. The van der Waals surface area contributed by atoms with Gasteiger partial charge in [-0.3, -0.25) is 0 Å². The van der Waals surface area contributed by atoms with E-state index in [-0.39, 0.29) is 41.3 Å². The fourth-order valence-electron chi connectivity index (χ4n) is 5.48. The molecule has 2 aliphatic heterocycles. The Hall–Kier alpha value is -2.08. The first kappa shape index (κ1) is 23.7. The van der Waals surface area contributed by atoms with Crippen molar-refractivity contribution in [1.82, 2.24) is 0 Å². The lowest BCUT2D eigenvalue weighted by molar-refractivity contribution is -0.172. The number of benzene rings is 2. The van der Waals surface area contributed by atoms with Crippen LogP contribution in [-0.2, 0) is 14.2 Å². The van der Waals surface area contributed by atoms with E-state index < -0.39 is 0 Å². The van der Waals surface area contributed by atoms with Crippen molar-refractivity contribution < 1.29 is 23.7 Å². The van der Waals surface area contributed by atoms with Gasteiger partial charge in [-0.1, -0.05) is 52.0 Å². The second kappa shape index (κ2) is 9.18. The molecule has 1 aliphatic carbocycles. The summed E-state index contributed by atoms with van der Waals surface area (Å²) >= 11 is 0. The van der Waals surface area contributed by atoms with Crippen molar-refractivity contribution in [2.75, 3.05) is 20.3 Å². The monoisotopic (exact) mass is 466 g/mol.